The standard InChI is InChI=1S/C22H35N3O5/c1-15(2)13-17(24-20(28)30-21(3,4)5)18(26)25(22(6,23)19(27)29-7)14-16-11-9-8-10-12-16/h8-12,15,17H,13-14,23H2,1-7H3,(H,24,28)/t17-,22-/m1/s1. The van der Waals surface area contributed by atoms with Gasteiger partial charge in [-0.25, -0.2) is 9.59 Å². The highest BCUT2D eigenvalue weighted by Gasteiger charge is 2.42. The summed E-state index contributed by atoms with van der Waals surface area (Å²) in [6, 6.07) is 8.24. The van der Waals surface area contributed by atoms with Crippen molar-refractivity contribution in [3.63, 3.8) is 0 Å². The van der Waals surface area contributed by atoms with Gasteiger partial charge >= 0.3 is 12.1 Å². The average molecular weight is 422 g/mol. The number of hydrogen-bond donors (Lipinski definition) is 2. The molecule has 8 nitrogen and oxygen atoms in total. The van der Waals surface area contributed by atoms with Gasteiger partial charge in [0.15, 0.2) is 5.66 Å². The second-order valence-corrected chi connectivity index (χ2v) is 8.88. The number of nitrogens with two attached hydrogens (primary N) is 1. The van der Waals surface area contributed by atoms with Crippen LogP contribution in [0.1, 0.15) is 53.5 Å². The van der Waals surface area contributed by atoms with Crippen molar-refractivity contribution in [3.8, 4) is 0 Å². The van der Waals surface area contributed by atoms with Crippen molar-refractivity contribution in [2.45, 2.75) is 71.8 Å². The third-order valence-corrected chi connectivity index (χ3v) is 4.31. The molecular weight excluding hydrogens is 386 g/mol. The Balaban J connectivity index is 3.25. The number of amides is 2. The molecule has 3 N–H and O–H groups in total. The van der Waals surface area contributed by atoms with E-state index in [1.807, 2.05) is 44.2 Å². The highest BCUT2D eigenvalue weighted by Crippen LogP contribution is 2.20. The lowest BCUT2D eigenvalue weighted by Gasteiger charge is -2.38. The number of nitrogens with one attached hydrogen (secondary N) is 1. The van der Waals surface area contributed by atoms with Crippen molar-refractivity contribution in [1.29, 1.82) is 0 Å². The Hall–Kier alpha value is -2.61. The summed E-state index contributed by atoms with van der Waals surface area (Å²) in [7, 11) is 1.21. The first-order chi connectivity index (χ1) is 13.8. The van der Waals surface area contributed by atoms with Crippen molar-refractivity contribution in [2.24, 2.45) is 11.7 Å². The molecule has 8 heteroatoms. The molecule has 0 unspecified atom stereocenters. The topological polar surface area (TPSA) is 111 Å². The van der Waals surface area contributed by atoms with Gasteiger partial charge in [0.05, 0.1) is 7.11 Å². The summed E-state index contributed by atoms with van der Waals surface area (Å²) < 4.78 is 10.1. The minimum absolute atomic E-state index is 0.0758. The molecule has 0 heterocycles. The minimum atomic E-state index is -1.73. The predicted molar refractivity (Wildman–Crippen MR) is 114 cm³/mol. The second-order valence-electron chi connectivity index (χ2n) is 8.88. The van der Waals surface area contributed by atoms with E-state index in [0.29, 0.717) is 6.42 Å². The number of nitrogens with zero attached hydrogens (tertiary/aromatic N) is 1. The molecule has 0 spiro atoms. The number of methoxy groups -OCH3 is 1. The van der Waals surface area contributed by atoms with Crippen molar-refractivity contribution in [1.82, 2.24) is 10.2 Å². The fourth-order valence-electron chi connectivity index (χ4n) is 2.88. The molecule has 0 aliphatic heterocycles. The molecule has 0 saturated heterocycles. The summed E-state index contributed by atoms with van der Waals surface area (Å²) in [5.41, 5.74) is 4.59. The normalized spacial score (nSPS) is 14.4. The Kier molecular flexibility index (Phi) is 8.84. The van der Waals surface area contributed by atoms with Gasteiger partial charge in [0.25, 0.3) is 0 Å². The van der Waals surface area contributed by atoms with Crippen molar-refractivity contribution < 1.29 is 23.9 Å². The number of esters is 1. The van der Waals surface area contributed by atoms with Crippen LogP contribution in [0.15, 0.2) is 30.3 Å². The molecule has 0 aliphatic rings. The van der Waals surface area contributed by atoms with Gasteiger partial charge in [0.2, 0.25) is 5.91 Å². The van der Waals surface area contributed by atoms with Crippen LogP contribution in [0.3, 0.4) is 0 Å². The van der Waals surface area contributed by atoms with Gasteiger partial charge in [-0.1, -0.05) is 44.2 Å². The predicted octanol–water partition coefficient (Wildman–Crippen LogP) is 2.80. The molecule has 1 aromatic rings. The van der Waals surface area contributed by atoms with Crippen molar-refractivity contribution >= 4 is 18.0 Å². The summed E-state index contributed by atoms with van der Waals surface area (Å²) in [6.07, 6.45) is -0.362. The van der Waals surface area contributed by atoms with Crippen molar-refractivity contribution in [3.05, 3.63) is 35.9 Å². The van der Waals surface area contributed by atoms with Crippen LogP contribution in [0.2, 0.25) is 0 Å². The molecule has 0 radical (unpaired) electrons. The van der Waals surface area contributed by atoms with E-state index in [1.165, 1.54) is 18.9 Å². The van der Waals surface area contributed by atoms with Crippen molar-refractivity contribution in [2.75, 3.05) is 7.11 Å². The molecule has 168 valence electrons. The molecule has 1 aromatic carbocycles. The molecule has 0 aromatic heterocycles. The molecule has 1 rings (SSSR count). The summed E-state index contributed by atoms with van der Waals surface area (Å²) in [5, 5.41) is 2.64. The molecule has 0 aliphatic carbocycles. The SMILES string of the molecule is COC(=O)[C@](C)(N)N(Cc1ccccc1)C(=O)[C@@H](CC(C)C)NC(=O)OC(C)(C)C. The van der Waals surface area contributed by atoms with Crippen LogP contribution < -0.4 is 11.1 Å². The Morgan fingerprint density at radius 1 is 1.10 bits per heavy atom. The highest BCUT2D eigenvalue weighted by molar-refractivity contribution is 5.91. The largest absolute Gasteiger partial charge is 0.466 e. The van der Waals surface area contributed by atoms with Crippen LogP contribution in [0.4, 0.5) is 4.79 Å². The van der Waals surface area contributed by atoms with Gasteiger partial charge in [-0.2, -0.15) is 0 Å². The number of hydrogen-bond acceptors (Lipinski definition) is 6. The van der Waals surface area contributed by atoms with E-state index in [2.05, 4.69) is 5.32 Å². The highest BCUT2D eigenvalue weighted by atomic mass is 16.6. The molecule has 2 amide bonds. The molecule has 2 atom stereocenters. The minimum Gasteiger partial charge on any atom is -0.466 e. The van der Waals surface area contributed by atoms with E-state index in [1.54, 1.807) is 20.8 Å². The third kappa shape index (κ3) is 7.67. The Labute approximate surface area is 179 Å². The quantitative estimate of drug-likeness (QED) is 0.493. The molecule has 0 saturated carbocycles. The van der Waals surface area contributed by atoms with E-state index in [4.69, 9.17) is 15.2 Å². The molecular formula is C22H35N3O5. The maximum absolute atomic E-state index is 13.5. The monoisotopic (exact) mass is 421 g/mol. The van der Waals surface area contributed by atoms with Crippen LogP contribution in [0.25, 0.3) is 0 Å². The number of benzene rings is 1. The van der Waals surface area contributed by atoms with Crippen LogP contribution in [-0.4, -0.2) is 47.3 Å². The first-order valence-corrected chi connectivity index (χ1v) is 10.00. The fourth-order valence-corrected chi connectivity index (χ4v) is 2.88. The van der Waals surface area contributed by atoms with E-state index in [9.17, 15) is 14.4 Å². The summed E-state index contributed by atoms with van der Waals surface area (Å²) >= 11 is 0. The van der Waals surface area contributed by atoms with E-state index in [-0.39, 0.29) is 12.5 Å². The number of rotatable bonds is 8. The van der Waals surface area contributed by atoms with Gasteiger partial charge in [-0.3, -0.25) is 10.5 Å². The zero-order valence-corrected chi connectivity index (χ0v) is 19.0. The van der Waals surface area contributed by atoms with Crippen LogP contribution in [0, 0.1) is 5.92 Å². The first-order valence-electron chi connectivity index (χ1n) is 10.00. The van der Waals surface area contributed by atoms with Crippen LogP contribution in [0.5, 0.6) is 0 Å². The zero-order valence-electron chi connectivity index (χ0n) is 19.0. The lowest BCUT2D eigenvalue weighted by Crippen LogP contribution is -2.65. The second kappa shape index (κ2) is 10.4. The maximum atomic E-state index is 13.5. The smallest absolute Gasteiger partial charge is 0.408 e. The lowest BCUT2D eigenvalue weighted by atomic mass is 10.00. The number of ether oxygens (including phenoxy) is 2. The van der Waals surface area contributed by atoms with E-state index < -0.39 is 35.3 Å². The summed E-state index contributed by atoms with van der Waals surface area (Å²) in [5.74, 6) is -1.16. The zero-order chi connectivity index (χ0) is 23.1. The number of carbonyl (C=O) groups is 3. The summed E-state index contributed by atoms with van der Waals surface area (Å²) in [6.45, 7) is 10.6. The molecule has 0 bridgehead atoms. The average Bonchev–Trinajstić information content (AvgIpc) is 2.63. The Bertz CT molecular complexity index is 726. The van der Waals surface area contributed by atoms with Gasteiger partial charge in [-0.15, -0.1) is 0 Å². The van der Waals surface area contributed by atoms with Gasteiger partial charge in [-0.05, 0) is 45.6 Å². The molecule has 30 heavy (non-hydrogen) atoms. The summed E-state index contributed by atoms with van der Waals surface area (Å²) in [4.78, 5) is 39.5. The van der Waals surface area contributed by atoms with Gasteiger partial charge < -0.3 is 19.7 Å². The lowest BCUT2D eigenvalue weighted by molar-refractivity contribution is -0.162. The van der Waals surface area contributed by atoms with Crippen LogP contribution in [-0.2, 0) is 25.6 Å². The van der Waals surface area contributed by atoms with Crippen LogP contribution >= 0.6 is 0 Å². The molecule has 0 fully saturated rings. The van der Waals surface area contributed by atoms with Gasteiger partial charge in [0, 0.05) is 6.54 Å². The van der Waals surface area contributed by atoms with Gasteiger partial charge in [0.1, 0.15) is 11.6 Å². The number of alkyl carbamates (subject to hydrolysis) is 1. The van der Waals surface area contributed by atoms with E-state index >= 15 is 0 Å². The first kappa shape index (κ1) is 25.4. The van der Waals surface area contributed by atoms with E-state index in [0.717, 1.165) is 5.56 Å². The Morgan fingerprint density at radius 3 is 2.13 bits per heavy atom. The fraction of sp³-hybridized carbons (Fsp3) is 0.591. The third-order valence-electron chi connectivity index (χ3n) is 4.31. The maximum Gasteiger partial charge on any atom is 0.408 e. The number of carbonyl (C=O) groups excluding carboxylic acids is 3. The Morgan fingerprint density at radius 2 is 1.67 bits per heavy atom.